The van der Waals surface area contributed by atoms with E-state index in [2.05, 4.69) is 44.9 Å². The molecule has 0 fully saturated rings. The molecule has 0 aromatic heterocycles. The van der Waals surface area contributed by atoms with E-state index in [1.807, 2.05) is 0 Å². The molecule has 3 heteroatoms. The molecule has 68 valence electrons. The molecular weight excluding hydrogens is 150 g/mol. The standard InChI is InChI=1S/C9H17N3/c1-6(2)8-10-11-9(7(3)4)12(8)5/h6-7,12H,5H2,1-4H3. The average molecular weight is 167 g/mol. The summed E-state index contributed by atoms with van der Waals surface area (Å²) in [7, 11) is 4.00. The lowest BCUT2D eigenvalue weighted by atomic mass is 10.1. The van der Waals surface area contributed by atoms with Crippen LogP contribution in [0.3, 0.4) is 0 Å². The first-order valence-corrected chi connectivity index (χ1v) is 4.39. The highest BCUT2D eigenvalue weighted by molar-refractivity contribution is 5.92. The van der Waals surface area contributed by atoms with E-state index < -0.39 is 0 Å². The predicted octanol–water partition coefficient (Wildman–Crippen LogP) is 0.700. The molecule has 1 aliphatic heterocycles. The Labute approximate surface area is 74.2 Å². The predicted molar refractivity (Wildman–Crippen MR) is 50.9 cm³/mol. The van der Waals surface area contributed by atoms with Gasteiger partial charge in [0.25, 0.3) is 0 Å². The molecule has 1 rings (SSSR count). The molecule has 0 saturated carbocycles. The van der Waals surface area contributed by atoms with Crippen molar-refractivity contribution in [3.8, 4) is 0 Å². The zero-order valence-corrected chi connectivity index (χ0v) is 8.26. The highest BCUT2D eigenvalue weighted by atomic mass is 15.4. The van der Waals surface area contributed by atoms with Crippen molar-refractivity contribution in [3.05, 3.63) is 7.05 Å². The Morgan fingerprint density at radius 3 is 1.50 bits per heavy atom. The molecule has 0 aromatic carbocycles. The quantitative estimate of drug-likeness (QED) is 0.587. The number of rotatable bonds is 2. The summed E-state index contributed by atoms with van der Waals surface area (Å²) in [6, 6.07) is 0. The lowest BCUT2D eigenvalue weighted by Crippen LogP contribution is -3.12. The van der Waals surface area contributed by atoms with E-state index >= 15 is 0 Å². The van der Waals surface area contributed by atoms with Crippen molar-refractivity contribution in [1.82, 2.24) is 0 Å². The van der Waals surface area contributed by atoms with Gasteiger partial charge in [-0.2, -0.15) is 0 Å². The zero-order chi connectivity index (χ0) is 9.30. The molecule has 0 amide bonds. The maximum Gasteiger partial charge on any atom is 0.203 e. The summed E-state index contributed by atoms with van der Waals surface area (Å²) in [6.07, 6.45) is 0. The van der Waals surface area contributed by atoms with Gasteiger partial charge in [-0.3, -0.25) is 0 Å². The lowest BCUT2D eigenvalue weighted by molar-refractivity contribution is -0.647. The summed E-state index contributed by atoms with van der Waals surface area (Å²) in [5.74, 6) is 2.94. The Balaban J connectivity index is 2.72. The maximum atomic E-state index is 4.12. The van der Waals surface area contributed by atoms with Crippen molar-refractivity contribution < 1.29 is 4.90 Å². The summed E-state index contributed by atoms with van der Waals surface area (Å²) in [5.41, 5.74) is 0. The number of nitrogens with zero attached hydrogens (tertiary/aromatic N) is 2. The highest BCUT2D eigenvalue weighted by Crippen LogP contribution is 2.01. The van der Waals surface area contributed by atoms with Gasteiger partial charge >= 0.3 is 0 Å². The summed E-state index contributed by atoms with van der Waals surface area (Å²) in [4.78, 5) is 1.03. The van der Waals surface area contributed by atoms with E-state index in [-0.39, 0.29) is 0 Å². The van der Waals surface area contributed by atoms with Crippen LogP contribution in [0.1, 0.15) is 27.7 Å². The van der Waals surface area contributed by atoms with Gasteiger partial charge in [0.05, 0.1) is 0 Å². The number of hydrogen-bond acceptors (Lipinski definition) is 2. The minimum Gasteiger partial charge on any atom is -0.374 e. The monoisotopic (exact) mass is 167 g/mol. The molecule has 0 radical (unpaired) electrons. The second-order valence-corrected chi connectivity index (χ2v) is 3.76. The Kier molecular flexibility index (Phi) is 2.62. The van der Waals surface area contributed by atoms with E-state index in [9.17, 15) is 0 Å². The summed E-state index contributed by atoms with van der Waals surface area (Å²) in [6.45, 7) is 8.46. The van der Waals surface area contributed by atoms with Crippen molar-refractivity contribution in [2.24, 2.45) is 22.0 Å². The van der Waals surface area contributed by atoms with Gasteiger partial charge in [-0.15, -0.1) is 7.05 Å². The third-order valence-electron chi connectivity index (χ3n) is 1.98. The van der Waals surface area contributed by atoms with Crippen LogP contribution in [-0.4, -0.2) is 11.7 Å². The molecule has 1 heterocycles. The van der Waals surface area contributed by atoms with Gasteiger partial charge in [0, 0.05) is 11.8 Å². The molecule has 0 atom stereocenters. The Hall–Kier alpha value is -0.700. The van der Waals surface area contributed by atoms with Crippen LogP contribution < -0.4 is 4.90 Å². The van der Waals surface area contributed by atoms with Crippen LogP contribution in [0.25, 0.3) is 0 Å². The van der Waals surface area contributed by atoms with Crippen LogP contribution >= 0.6 is 0 Å². The fourth-order valence-electron chi connectivity index (χ4n) is 1.29. The van der Waals surface area contributed by atoms with E-state index in [4.69, 9.17) is 0 Å². The minimum atomic E-state index is 0.428. The van der Waals surface area contributed by atoms with Gasteiger partial charge in [0.1, 0.15) is 0 Å². The minimum absolute atomic E-state index is 0.428. The van der Waals surface area contributed by atoms with E-state index in [0.29, 0.717) is 11.8 Å². The summed E-state index contributed by atoms with van der Waals surface area (Å²) >= 11 is 0. The third-order valence-corrected chi connectivity index (χ3v) is 1.98. The molecule has 0 bridgehead atoms. The van der Waals surface area contributed by atoms with Gasteiger partial charge < -0.3 is 4.90 Å². The molecule has 0 saturated heterocycles. The number of quaternary nitrogens is 1. The molecule has 3 nitrogen and oxygen atoms in total. The first kappa shape index (κ1) is 9.39. The second-order valence-electron chi connectivity index (χ2n) is 3.76. The molecule has 0 unspecified atom stereocenters. The van der Waals surface area contributed by atoms with Crippen LogP contribution in [0, 0.1) is 18.9 Å². The fourth-order valence-corrected chi connectivity index (χ4v) is 1.29. The Bertz CT molecular complexity index is 202. The number of amidine groups is 2. The second kappa shape index (κ2) is 3.35. The summed E-state index contributed by atoms with van der Waals surface area (Å²) < 4.78 is 0. The first-order chi connectivity index (χ1) is 5.54. The van der Waals surface area contributed by atoms with Crippen molar-refractivity contribution in [2.45, 2.75) is 27.7 Å². The number of nitrogens with one attached hydrogen (secondary N) is 1. The molecular formula is C9H17N3. The van der Waals surface area contributed by atoms with Crippen LogP contribution in [0.4, 0.5) is 0 Å². The molecule has 1 aliphatic rings. The largest absolute Gasteiger partial charge is 0.374 e. The normalized spacial score (nSPS) is 18.9. The first-order valence-electron chi connectivity index (χ1n) is 4.39. The molecule has 0 aromatic rings. The third kappa shape index (κ3) is 1.55. The van der Waals surface area contributed by atoms with Gasteiger partial charge in [0.2, 0.25) is 11.7 Å². The topological polar surface area (TPSA) is 29.2 Å². The molecule has 1 N–H and O–H groups in total. The molecule has 0 spiro atoms. The smallest absolute Gasteiger partial charge is 0.203 e. The highest BCUT2D eigenvalue weighted by Gasteiger charge is 2.25. The van der Waals surface area contributed by atoms with E-state index in [0.717, 1.165) is 16.6 Å². The van der Waals surface area contributed by atoms with Crippen LogP contribution in [0.15, 0.2) is 10.2 Å². The van der Waals surface area contributed by atoms with Gasteiger partial charge in [-0.05, 0) is 0 Å². The van der Waals surface area contributed by atoms with Crippen molar-refractivity contribution in [1.29, 1.82) is 0 Å². The maximum absolute atomic E-state index is 4.12. The Morgan fingerprint density at radius 1 is 1.00 bits per heavy atom. The van der Waals surface area contributed by atoms with Crippen molar-refractivity contribution in [2.75, 3.05) is 0 Å². The molecule has 0 aliphatic carbocycles. The zero-order valence-electron chi connectivity index (χ0n) is 8.26. The van der Waals surface area contributed by atoms with Crippen LogP contribution in [0.2, 0.25) is 0 Å². The van der Waals surface area contributed by atoms with Crippen molar-refractivity contribution >= 4 is 11.7 Å². The van der Waals surface area contributed by atoms with E-state index in [1.165, 1.54) is 0 Å². The molecule has 12 heavy (non-hydrogen) atoms. The van der Waals surface area contributed by atoms with Gasteiger partial charge in [0.15, 0.2) is 0 Å². The van der Waals surface area contributed by atoms with Crippen LogP contribution in [0.5, 0.6) is 0 Å². The Morgan fingerprint density at radius 2 is 1.33 bits per heavy atom. The fraction of sp³-hybridized carbons (Fsp3) is 0.667. The summed E-state index contributed by atoms with van der Waals surface area (Å²) in [5, 5.41) is 8.25. The number of hydrogen-bond donors (Lipinski definition) is 1. The van der Waals surface area contributed by atoms with Gasteiger partial charge in [-0.1, -0.05) is 37.9 Å². The lowest BCUT2D eigenvalue weighted by Gasteiger charge is -2.20. The van der Waals surface area contributed by atoms with E-state index in [1.54, 1.807) is 0 Å². The average Bonchev–Trinajstić information content (AvgIpc) is 2.30. The van der Waals surface area contributed by atoms with Crippen molar-refractivity contribution in [3.63, 3.8) is 0 Å². The SMILES string of the molecule is [CH2-][NH+]1C(C(C)C)=NN=C1C(C)C. The van der Waals surface area contributed by atoms with Crippen LogP contribution in [-0.2, 0) is 0 Å². The van der Waals surface area contributed by atoms with Gasteiger partial charge in [-0.25, -0.2) is 0 Å².